The van der Waals surface area contributed by atoms with Crippen molar-refractivity contribution in [2.75, 3.05) is 21.2 Å². The molecule has 0 atom stereocenters. The molecule has 0 radical (unpaired) electrons. The van der Waals surface area contributed by atoms with E-state index in [-0.39, 0.29) is 5.17 Å². The zero-order valence-corrected chi connectivity index (χ0v) is 10.2. The molecule has 1 aromatic carbocycles. The van der Waals surface area contributed by atoms with Crippen molar-refractivity contribution < 1.29 is 14.3 Å². The SMILES string of the molecule is COC(=O)c1ccccc1OC(=S)N(C)C. The van der Waals surface area contributed by atoms with Gasteiger partial charge in [0.05, 0.1) is 7.11 Å². The normalized spacial score (nSPS) is 9.44. The molecule has 0 fully saturated rings. The predicted octanol–water partition coefficient (Wildman–Crippen LogP) is 1.70. The van der Waals surface area contributed by atoms with Crippen molar-refractivity contribution >= 4 is 23.4 Å². The van der Waals surface area contributed by atoms with Crippen LogP contribution in [0.3, 0.4) is 0 Å². The monoisotopic (exact) mass is 239 g/mol. The van der Waals surface area contributed by atoms with Gasteiger partial charge >= 0.3 is 5.97 Å². The van der Waals surface area contributed by atoms with Crippen molar-refractivity contribution in [3.8, 4) is 5.75 Å². The molecule has 0 saturated carbocycles. The Balaban J connectivity index is 2.95. The maximum atomic E-state index is 11.4. The lowest BCUT2D eigenvalue weighted by Crippen LogP contribution is -2.25. The van der Waals surface area contributed by atoms with Crippen molar-refractivity contribution in [2.45, 2.75) is 0 Å². The van der Waals surface area contributed by atoms with E-state index in [4.69, 9.17) is 17.0 Å². The summed E-state index contributed by atoms with van der Waals surface area (Å²) in [4.78, 5) is 13.1. The topological polar surface area (TPSA) is 38.8 Å². The third-order valence-electron chi connectivity index (χ3n) is 1.85. The third kappa shape index (κ3) is 2.93. The van der Waals surface area contributed by atoms with Gasteiger partial charge in [-0.15, -0.1) is 0 Å². The minimum atomic E-state index is -0.447. The van der Waals surface area contributed by atoms with Crippen LogP contribution < -0.4 is 4.74 Å². The Morgan fingerprint density at radius 2 is 1.94 bits per heavy atom. The zero-order chi connectivity index (χ0) is 12.1. The molecular formula is C11H13NO3S. The lowest BCUT2D eigenvalue weighted by Gasteiger charge is -2.15. The molecule has 0 aliphatic carbocycles. The summed E-state index contributed by atoms with van der Waals surface area (Å²) in [6.45, 7) is 0. The molecule has 0 heterocycles. The highest BCUT2D eigenvalue weighted by atomic mass is 32.1. The Bertz CT molecular complexity index is 404. The molecule has 0 spiro atoms. The summed E-state index contributed by atoms with van der Waals surface area (Å²) in [6, 6.07) is 6.79. The molecule has 0 unspecified atom stereocenters. The quantitative estimate of drug-likeness (QED) is 0.580. The van der Waals surface area contributed by atoms with Gasteiger partial charge in [-0.3, -0.25) is 0 Å². The van der Waals surface area contributed by atoms with Gasteiger partial charge in [0.2, 0.25) is 0 Å². The van der Waals surface area contributed by atoms with E-state index in [1.165, 1.54) is 7.11 Å². The second-order valence-electron chi connectivity index (χ2n) is 3.25. The first kappa shape index (κ1) is 12.4. The standard InChI is InChI=1S/C11H13NO3S/c1-12(2)11(16)15-9-7-5-4-6-8(9)10(13)14-3/h4-7H,1-3H3. The lowest BCUT2D eigenvalue weighted by molar-refractivity contribution is 0.0598. The van der Waals surface area contributed by atoms with Crippen LogP contribution >= 0.6 is 12.2 Å². The van der Waals surface area contributed by atoms with Crippen molar-refractivity contribution in [2.24, 2.45) is 0 Å². The fourth-order valence-corrected chi connectivity index (χ4v) is 1.11. The molecule has 86 valence electrons. The van der Waals surface area contributed by atoms with E-state index in [0.29, 0.717) is 11.3 Å². The Hall–Kier alpha value is -1.62. The fraction of sp³-hybridized carbons (Fsp3) is 0.273. The van der Waals surface area contributed by atoms with Crippen LogP contribution in [0.4, 0.5) is 0 Å². The van der Waals surface area contributed by atoms with Gasteiger partial charge in [0.25, 0.3) is 5.17 Å². The van der Waals surface area contributed by atoms with Crippen molar-refractivity contribution in [1.29, 1.82) is 0 Å². The number of rotatable bonds is 2. The van der Waals surface area contributed by atoms with Crippen LogP contribution in [0.25, 0.3) is 0 Å². The van der Waals surface area contributed by atoms with Gasteiger partial charge in [-0.25, -0.2) is 4.79 Å². The van der Waals surface area contributed by atoms with Gasteiger partial charge in [-0.1, -0.05) is 12.1 Å². The third-order valence-corrected chi connectivity index (χ3v) is 2.30. The van der Waals surface area contributed by atoms with E-state index in [2.05, 4.69) is 4.74 Å². The summed E-state index contributed by atoms with van der Waals surface area (Å²) in [5.41, 5.74) is 0.356. The first-order valence-electron chi connectivity index (χ1n) is 4.62. The molecule has 0 aliphatic rings. The maximum Gasteiger partial charge on any atom is 0.341 e. The maximum absolute atomic E-state index is 11.4. The van der Waals surface area contributed by atoms with Crippen LogP contribution in [0, 0.1) is 0 Å². The Morgan fingerprint density at radius 3 is 2.50 bits per heavy atom. The van der Waals surface area contributed by atoms with Crippen molar-refractivity contribution in [3.63, 3.8) is 0 Å². The van der Waals surface area contributed by atoms with Gasteiger partial charge in [0.15, 0.2) is 0 Å². The van der Waals surface area contributed by atoms with E-state index >= 15 is 0 Å². The van der Waals surface area contributed by atoms with Crippen LogP contribution in [-0.2, 0) is 4.74 Å². The molecule has 5 heteroatoms. The second kappa shape index (κ2) is 5.46. The highest BCUT2D eigenvalue weighted by Crippen LogP contribution is 2.19. The van der Waals surface area contributed by atoms with E-state index in [1.54, 1.807) is 43.3 Å². The Kier molecular flexibility index (Phi) is 4.25. The number of nitrogens with zero attached hydrogens (tertiary/aromatic N) is 1. The van der Waals surface area contributed by atoms with Crippen molar-refractivity contribution in [3.05, 3.63) is 29.8 Å². The molecule has 0 aliphatic heterocycles. The molecule has 1 aromatic rings. The summed E-state index contributed by atoms with van der Waals surface area (Å²) >= 11 is 4.99. The largest absolute Gasteiger partial charge is 0.465 e. The molecule has 4 nitrogen and oxygen atoms in total. The van der Waals surface area contributed by atoms with Crippen LogP contribution in [0.15, 0.2) is 24.3 Å². The van der Waals surface area contributed by atoms with Gasteiger partial charge in [-0.05, 0) is 24.4 Å². The van der Waals surface area contributed by atoms with Crippen LogP contribution in [0.2, 0.25) is 0 Å². The first-order chi connectivity index (χ1) is 7.56. The van der Waals surface area contributed by atoms with E-state index in [1.807, 2.05) is 0 Å². The average molecular weight is 239 g/mol. The van der Waals surface area contributed by atoms with Crippen LogP contribution in [0.5, 0.6) is 5.75 Å². The summed E-state index contributed by atoms with van der Waals surface area (Å²) in [5, 5.41) is 0.288. The smallest absolute Gasteiger partial charge is 0.341 e. The van der Waals surface area contributed by atoms with Gasteiger partial charge in [0, 0.05) is 14.1 Å². The second-order valence-corrected chi connectivity index (χ2v) is 3.60. The number of methoxy groups -OCH3 is 1. The van der Waals surface area contributed by atoms with Crippen molar-refractivity contribution in [1.82, 2.24) is 4.90 Å². The number of ether oxygens (including phenoxy) is 2. The molecule has 0 aromatic heterocycles. The summed E-state index contributed by atoms with van der Waals surface area (Å²) in [6.07, 6.45) is 0. The first-order valence-corrected chi connectivity index (χ1v) is 5.03. The van der Waals surface area contributed by atoms with Gasteiger partial charge < -0.3 is 14.4 Å². The van der Waals surface area contributed by atoms with Gasteiger partial charge in [-0.2, -0.15) is 0 Å². The number of benzene rings is 1. The summed E-state index contributed by atoms with van der Waals surface area (Å²) in [5.74, 6) is -0.0507. The molecule has 0 saturated heterocycles. The number of hydrogen-bond donors (Lipinski definition) is 0. The predicted molar refractivity (Wildman–Crippen MR) is 64.7 cm³/mol. The average Bonchev–Trinajstić information content (AvgIpc) is 2.28. The number of carbonyl (C=O) groups excluding carboxylic acids is 1. The summed E-state index contributed by atoms with van der Waals surface area (Å²) in [7, 11) is 4.86. The van der Waals surface area contributed by atoms with E-state index in [0.717, 1.165) is 0 Å². The lowest BCUT2D eigenvalue weighted by atomic mass is 10.2. The van der Waals surface area contributed by atoms with E-state index < -0.39 is 5.97 Å². The minimum Gasteiger partial charge on any atom is -0.465 e. The molecule has 0 bridgehead atoms. The Morgan fingerprint density at radius 1 is 1.31 bits per heavy atom. The number of hydrogen-bond acceptors (Lipinski definition) is 4. The number of esters is 1. The van der Waals surface area contributed by atoms with Crippen LogP contribution in [0.1, 0.15) is 10.4 Å². The van der Waals surface area contributed by atoms with Gasteiger partial charge in [0.1, 0.15) is 11.3 Å². The zero-order valence-electron chi connectivity index (χ0n) is 9.39. The summed E-state index contributed by atoms with van der Waals surface area (Å²) < 4.78 is 10.0. The molecule has 16 heavy (non-hydrogen) atoms. The van der Waals surface area contributed by atoms with Crippen LogP contribution in [-0.4, -0.2) is 37.2 Å². The molecule has 0 amide bonds. The molecule has 1 rings (SSSR count). The fourth-order valence-electron chi connectivity index (χ4n) is 1.02. The van der Waals surface area contributed by atoms with E-state index in [9.17, 15) is 4.79 Å². The molecular weight excluding hydrogens is 226 g/mol. The minimum absolute atomic E-state index is 0.288. The Labute approximate surface area is 99.8 Å². The number of thiocarbonyl (C=S) groups is 1. The highest BCUT2D eigenvalue weighted by molar-refractivity contribution is 7.80. The molecule has 0 N–H and O–H groups in total. The number of para-hydroxylation sites is 1. The number of carbonyl (C=O) groups is 1. The highest BCUT2D eigenvalue weighted by Gasteiger charge is 2.14.